The number of halogens is 1. The zero-order valence-corrected chi connectivity index (χ0v) is 13.9. The van der Waals surface area contributed by atoms with Crippen molar-refractivity contribution in [2.45, 2.75) is 20.5 Å². The van der Waals surface area contributed by atoms with Gasteiger partial charge in [-0.15, -0.1) is 0 Å². The molecule has 0 saturated carbocycles. The number of hydrogen-bond acceptors (Lipinski definition) is 3. The van der Waals surface area contributed by atoms with E-state index in [2.05, 4.69) is 22.6 Å². The molecule has 0 atom stereocenters. The average molecular weight is 384 g/mol. The van der Waals surface area contributed by atoms with E-state index in [0.29, 0.717) is 15.7 Å². The molecule has 0 aliphatic heterocycles. The molecule has 0 saturated heterocycles. The maximum atomic E-state index is 10.3. The first kappa shape index (κ1) is 15.1. The van der Waals surface area contributed by atoms with E-state index in [9.17, 15) is 10.2 Å². The maximum Gasteiger partial charge on any atom is 0.140 e. The summed E-state index contributed by atoms with van der Waals surface area (Å²) >= 11 is 2.05. The van der Waals surface area contributed by atoms with E-state index in [4.69, 9.17) is 4.74 Å². The zero-order chi connectivity index (χ0) is 14.9. The number of methoxy groups -OCH3 is 1. The van der Waals surface area contributed by atoms with Crippen LogP contribution in [0.5, 0.6) is 11.5 Å². The summed E-state index contributed by atoms with van der Waals surface area (Å²) in [6, 6.07) is 7.29. The van der Waals surface area contributed by atoms with Crippen LogP contribution in [0, 0.1) is 17.4 Å². The van der Waals surface area contributed by atoms with Crippen LogP contribution in [0.4, 0.5) is 0 Å². The van der Waals surface area contributed by atoms with E-state index in [1.807, 2.05) is 26.0 Å². The highest BCUT2D eigenvalue weighted by atomic mass is 127. The van der Waals surface area contributed by atoms with Crippen LogP contribution < -0.4 is 0 Å². The summed E-state index contributed by atoms with van der Waals surface area (Å²) in [6.45, 7) is 4.43. The monoisotopic (exact) mass is 384 g/mol. The van der Waals surface area contributed by atoms with E-state index < -0.39 is 0 Å². The number of rotatable bonds is 3. The van der Waals surface area contributed by atoms with Gasteiger partial charge in [0, 0.05) is 7.11 Å². The van der Waals surface area contributed by atoms with Gasteiger partial charge in [0.05, 0.1) is 15.7 Å². The molecular formula is C16H17IO3. The number of hydrogen-bond donors (Lipinski definition) is 2. The molecule has 0 fully saturated rings. The van der Waals surface area contributed by atoms with Crippen molar-refractivity contribution in [1.82, 2.24) is 0 Å². The van der Waals surface area contributed by atoms with Gasteiger partial charge in [0.1, 0.15) is 11.5 Å². The Balaban J connectivity index is 2.81. The average Bonchev–Trinajstić information content (AvgIpc) is 2.42. The summed E-state index contributed by atoms with van der Waals surface area (Å²) in [6.07, 6.45) is 0. The van der Waals surface area contributed by atoms with Gasteiger partial charge in [-0.3, -0.25) is 0 Å². The lowest BCUT2D eigenvalue weighted by Crippen LogP contribution is -1.98. The van der Waals surface area contributed by atoms with Crippen LogP contribution in [0.3, 0.4) is 0 Å². The standard InChI is InChI=1S/C16H17IO3/c1-9-4-5-11(8-20-3)14(10(9)2)15-13(18)7-6-12(17)16(15)19/h4-7,18-19H,8H2,1-3H3. The van der Waals surface area contributed by atoms with E-state index in [1.54, 1.807) is 19.2 Å². The van der Waals surface area contributed by atoms with Crippen molar-refractivity contribution in [2.24, 2.45) is 0 Å². The van der Waals surface area contributed by atoms with Crippen LogP contribution in [-0.4, -0.2) is 17.3 Å². The molecule has 2 rings (SSSR count). The Bertz CT molecular complexity index is 651. The van der Waals surface area contributed by atoms with Crippen LogP contribution in [0.25, 0.3) is 11.1 Å². The van der Waals surface area contributed by atoms with Crippen LogP contribution in [0.1, 0.15) is 16.7 Å². The fourth-order valence-corrected chi connectivity index (χ4v) is 2.75. The predicted molar refractivity (Wildman–Crippen MR) is 88.1 cm³/mol. The van der Waals surface area contributed by atoms with Crippen molar-refractivity contribution in [1.29, 1.82) is 0 Å². The summed E-state index contributed by atoms with van der Waals surface area (Å²) in [5.74, 6) is 0.186. The molecule has 20 heavy (non-hydrogen) atoms. The Kier molecular flexibility index (Phi) is 4.55. The quantitative estimate of drug-likeness (QED) is 0.783. The third kappa shape index (κ3) is 2.62. The van der Waals surface area contributed by atoms with Crippen molar-refractivity contribution in [3.8, 4) is 22.6 Å². The van der Waals surface area contributed by atoms with Gasteiger partial charge in [-0.2, -0.15) is 0 Å². The minimum Gasteiger partial charge on any atom is -0.507 e. The molecule has 2 N–H and O–H groups in total. The Labute approximate surface area is 132 Å². The third-order valence-electron chi connectivity index (χ3n) is 3.48. The van der Waals surface area contributed by atoms with Gasteiger partial charge >= 0.3 is 0 Å². The largest absolute Gasteiger partial charge is 0.507 e. The second-order valence-corrected chi connectivity index (χ2v) is 5.93. The van der Waals surface area contributed by atoms with Gasteiger partial charge in [0.2, 0.25) is 0 Å². The topological polar surface area (TPSA) is 49.7 Å². The highest BCUT2D eigenvalue weighted by Crippen LogP contribution is 2.43. The molecule has 0 unspecified atom stereocenters. The maximum absolute atomic E-state index is 10.3. The van der Waals surface area contributed by atoms with Gasteiger partial charge in [0.25, 0.3) is 0 Å². The minimum absolute atomic E-state index is 0.0777. The molecule has 0 aromatic heterocycles. The lowest BCUT2D eigenvalue weighted by atomic mass is 9.91. The summed E-state index contributed by atoms with van der Waals surface area (Å²) in [5, 5.41) is 20.5. The van der Waals surface area contributed by atoms with Gasteiger partial charge in [-0.1, -0.05) is 12.1 Å². The number of ether oxygens (including phenoxy) is 1. The number of phenolic OH excluding ortho intramolecular Hbond substituents is 2. The first-order valence-electron chi connectivity index (χ1n) is 6.26. The summed E-state index contributed by atoms with van der Waals surface area (Å²) in [7, 11) is 1.63. The summed E-state index contributed by atoms with van der Waals surface area (Å²) < 4.78 is 5.94. The molecule has 3 nitrogen and oxygen atoms in total. The molecular weight excluding hydrogens is 367 g/mol. The molecule has 106 valence electrons. The second-order valence-electron chi connectivity index (χ2n) is 4.76. The third-order valence-corrected chi connectivity index (χ3v) is 4.35. The van der Waals surface area contributed by atoms with Gasteiger partial charge in [-0.05, 0) is 70.8 Å². The van der Waals surface area contributed by atoms with Crippen molar-refractivity contribution < 1.29 is 14.9 Å². The van der Waals surface area contributed by atoms with Gasteiger partial charge < -0.3 is 14.9 Å². The Hall–Kier alpha value is -1.27. The molecule has 0 radical (unpaired) electrons. The van der Waals surface area contributed by atoms with Crippen molar-refractivity contribution in [2.75, 3.05) is 7.11 Å². The highest BCUT2D eigenvalue weighted by molar-refractivity contribution is 14.1. The molecule has 2 aromatic rings. The molecule has 0 amide bonds. The first-order chi connectivity index (χ1) is 9.47. The fraction of sp³-hybridized carbons (Fsp3) is 0.250. The van der Waals surface area contributed by atoms with E-state index in [1.165, 1.54) is 0 Å². The summed E-state index contributed by atoms with van der Waals surface area (Å²) in [4.78, 5) is 0. The normalized spacial score (nSPS) is 10.8. The molecule has 0 heterocycles. The van der Waals surface area contributed by atoms with Crippen molar-refractivity contribution >= 4 is 22.6 Å². The van der Waals surface area contributed by atoms with Crippen LogP contribution >= 0.6 is 22.6 Å². The van der Waals surface area contributed by atoms with Gasteiger partial charge in [-0.25, -0.2) is 0 Å². The van der Waals surface area contributed by atoms with Crippen LogP contribution in [-0.2, 0) is 11.3 Å². The van der Waals surface area contributed by atoms with E-state index in [0.717, 1.165) is 22.3 Å². The van der Waals surface area contributed by atoms with E-state index >= 15 is 0 Å². The van der Waals surface area contributed by atoms with Crippen molar-refractivity contribution in [3.05, 3.63) is 44.5 Å². The number of phenols is 2. The molecule has 4 heteroatoms. The predicted octanol–water partition coefficient (Wildman–Crippen LogP) is 4.13. The lowest BCUT2D eigenvalue weighted by molar-refractivity contribution is 0.185. The Morgan fingerprint density at radius 3 is 2.40 bits per heavy atom. The van der Waals surface area contributed by atoms with Gasteiger partial charge in [0.15, 0.2) is 0 Å². The molecule has 0 spiro atoms. The molecule has 0 aliphatic carbocycles. The zero-order valence-electron chi connectivity index (χ0n) is 11.7. The number of aromatic hydroxyl groups is 2. The molecule has 2 aromatic carbocycles. The number of benzene rings is 2. The number of aryl methyl sites for hydroxylation is 1. The summed E-state index contributed by atoms with van der Waals surface area (Å²) in [5.41, 5.74) is 4.42. The van der Waals surface area contributed by atoms with Crippen LogP contribution in [0.15, 0.2) is 24.3 Å². The Morgan fingerprint density at radius 2 is 1.75 bits per heavy atom. The molecule has 0 aliphatic rings. The van der Waals surface area contributed by atoms with Crippen LogP contribution in [0.2, 0.25) is 0 Å². The highest BCUT2D eigenvalue weighted by Gasteiger charge is 2.19. The first-order valence-corrected chi connectivity index (χ1v) is 7.34. The SMILES string of the molecule is COCc1ccc(C)c(C)c1-c1c(O)ccc(I)c1O. The van der Waals surface area contributed by atoms with Crippen molar-refractivity contribution in [3.63, 3.8) is 0 Å². The minimum atomic E-state index is 0.0777. The smallest absolute Gasteiger partial charge is 0.140 e. The fourth-order valence-electron chi connectivity index (χ4n) is 2.30. The lowest BCUT2D eigenvalue weighted by Gasteiger charge is -2.17. The second kappa shape index (κ2) is 6.01. The molecule has 0 bridgehead atoms. The Morgan fingerprint density at radius 1 is 1.05 bits per heavy atom. The van der Waals surface area contributed by atoms with E-state index in [-0.39, 0.29) is 11.5 Å².